The summed E-state index contributed by atoms with van der Waals surface area (Å²) in [6.07, 6.45) is 1.45. The Hall–Kier alpha value is -2.17. The molecule has 1 aromatic carbocycles. The number of aliphatic carboxylic acids is 1. The van der Waals surface area contributed by atoms with Gasteiger partial charge in [-0.15, -0.1) is 0 Å². The van der Waals surface area contributed by atoms with Crippen LogP contribution in [0.2, 0.25) is 0 Å². The molecule has 0 radical (unpaired) electrons. The first-order chi connectivity index (χ1) is 9.49. The largest absolute Gasteiger partial charge is 0.481 e. The first-order valence-electron chi connectivity index (χ1n) is 6.66. The second-order valence-electron chi connectivity index (χ2n) is 5.07. The summed E-state index contributed by atoms with van der Waals surface area (Å²) in [6.45, 7) is 1.83. The van der Waals surface area contributed by atoms with E-state index in [1.165, 1.54) is 4.90 Å². The Kier molecular flexibility index (Phi) is 4.17. The normalized spacial score (nSPS) is 17.1. The first-order valence-corrected chi connectivity index (χ1v) is 6.66. The average molecular weight is 275 g/mol. The molecule has 5 nitrogen and oxygen atoms in total. The quantitative estimate of drug-likeness (QED) is 0.856. The fourth-order valence-electron chi connectivity index (χ4n) is 2.37. The van der Waals surface area contributed by atoms with Crippen molar-refractivity contribution >= 4 is 23.5 Å². The van der Waals surface area contributed by atoms with Crippen molar-refractivity contribution in [1.29, 1.82) is 0 Å². The van der Waals surface area contributed by atoms with Gasteiger partial charge in [-0.2, -0.15) is 0 Å². The smallest absolute Gasteiger partial charge is 0.303 e. The van der Waals surface area contributed by atoms with E-state index in [2.05, 4.69) is 0 Å². The Morgan fingerprint density at radius 2 is 1.75 bits per heavy atom. The number of carboxylic acid groups (broad SMARTS) is 1. The summed E-state index contributed by atoms with van der Waals surface area (Å²) in [5, 5.41) is 8.78. The molecule has 1 saturated heterocycles. The van der Waals surface area contributed by atoms with E-state index in [9.17, 15) is 14.4 Å². The number of amides is 2. The van der Waals surface area contributed by atoms with Crippen molar-refractivity contribution in [3.05, 3.63) is 29.8 Å². The highest BCUT2D eigenvalue weighted by Gasteiger charge is 2.27. The van der Waals surface area contributed by atoms with Gasteiger partial charge in [-0.25, -0.2) is 0 Å². The van der Waals surface area contributed by atoms with E-state index in [4.69, 9.17) is 5.11 Å². The summed E-state index contributed by atoms with van der Waals surface area (Å²) in [7, 11) is 0. The number of rotatable bonds is 4. The van der Waals surface area contributed by atoms with Crippen molar-refractivity contribution in [2.45, 2.75) is 38.5 Å². The molecule has 20 heavy (non-hydrogen) atoms. The van der Waals surface area contributed by atoms with Crippen molar-refractivity contribution < 1.29 is 19.5 Å². The van der Waals surface area contributed by atoms with Gasteiger partial charge in [0.1, 0.15) is 0 Å². The van der Waals surface area contributed by atoms with Crippen LogP contribution in [-0.2, 0) is 14.4 Å². The van der Waals surface area contributed by atoms with Crippen molar-refractivity contribution in [3.8, 4) is 0 Å². The van der Waals surface area contributed by atoms with Gasteiger partial charge in [0.15, 0.2) is 0 Å². The second kappa shape index (κ2) is 5.86. The molecule has 0 aliphatic carbocycles. The average Bonchev–Trinajstić information content (AvgIpc) is 2.38. The maximum Gasteiger partial charge on any atom is 0.303 e. The standard InChI is InChI=1S/C15H17NO4/c1-10(9-15(19)20)11-5-7-12(8-6-11)16-13(17)3-2-4-14(16)18/h5-8,10H,2-4,9H2,1H3,(H,19,20). The minimum atomic E-state index is -0.844. The Bertz CT molecular complexity index is 519. The van der Waals surface area contributed by atoms with Crippen molar-refractivity contribution in [2.24, 2.45) is 0 Å². The van der Waals surface area contributed by atoms with Crippen LogP contribution in [0.1, 0.15) is 44.1 Å². The molecular formula is C15H17NO4. The van der Waals surface area contributed by atoms with Gasteiger partial charge in [-0.3, -0.25) is 19.3 Å². The molecule has 1 fully saturated rings. The number of anilines is 1. The maximum atomic E-state index is 11.8. The van der Waals surface area contributed by atoms with E-state index in [1.54, 1.807) is 24.3 Å². The predicted octanol–water partition coefficient (Wildman–Crippen LogP) is 2.31. The van der Waals surface area contributed by atoms with Crippen LogP contribution in [-0.4, -0.2) is 22.9 Å². The van der Waals surface area contributed by atoms with Crippen LogP contribution >= 0.6 is 0 Å². The summed E-state index contributed by atoms with van der Waals surface area (Å²) in [5.74, 6) is -1.29. The third kappa shape index (κ3) is 3.04. The predicted molar refractivity (Wildman–Crippen MR) is 73.5 cm³/mol. The molecule has 1 aromatic rings. The van der Waals surface area contributed by atoms with Crippen molar-refractivity contribution in [2.75, 3.05) is 4.90 Å². The Morgan fingerprint density at radius 1 is 1.20 bits per heavy atom. The van der Waals surface area contributed by atoms with Gasteiger partial charge in [-0.05, 0) is 30.0 Å². The highest BCUT2D eigenvalue weighted by Crippen LogP contribution is 2.25. The number of carboxylic acids is 1. The molecule has 1 atom stereocenters. The monoisotopic (exact) mass is 275 g/mol. The van der Waals surface area contributed by atoms with E-state index in [1.807, 2.05) is 6.92 Å². The molecule has 2 amide bonds. The lowest BCUT2D eigenvalue weighted by Gasteiger charge is -2.25. The first kappa shape index (κ1) is 14.2. The molecular weight excluding hydrogens is 258 g/mol. The minimum absolute atomic E-state index is 0.0565. The number of hydrogen-bond donors (Lipinski definition) is 1. The van der Waals surface area contributed by atoms with Gasteiger partial charge in [0, 0.05) is 12.8 Å². The van der Waals surface area contributed by atoms with Crippen LogP contribution in [0, 0.1) is 0 Å². The third-order valence-corrected chi connectivity index (χ3v) is 3.48. The topological polar surface area (TPSA) is 74.7 Å². The van der Waals surface area contributed by atoms with E-state index in [0.717, 1.165) is 5.56 Å². The van der Waals surface area contributed by atoms with E-state index < -0.39 is 5.97 Å². The zero-order valence-corrected chi connectivity index (χ0v) is 11.3. The number of nitrogens with zero attached hydrogens (tertiary/aromatic N) is 1. The zero-order chi connectivity index (χ0) is 14.7. The molecule has 2 rings (SSSR count). The molecule has 1 N–H and O–H groups in total. The molecule has 0 bridgehead atoms. The minimum Gasteiger partial charge on any atom is -0.481 e. The SMILES string of the molecule is CC(CC(=O)O)c1ccc(N2C(=O)CCCC2=O)cc1. The number of benzene rings is 1. The Balaban J connectivity index is 2.17. The van der Waals surface area contributed by atoms with Crippen LogP contribution in [0.15, 0.2) is 24.3 Å². The van der Waals surface area contributed by atoms with E-state index in [-0.39, 0.29) is 24.2 Å². The highest BCUT2D eigenvalue weighted by atomic mass is 16.4. The molecule has 106 valence electrons. The van der Waals surface area contributed by atoms with Gasteiger partial charge in [0.25, 0.3) is 0 Å². The summed E-state index contributed by atoms with van der Waals surface area (Å²) in [5.41, 5.74) is 1.44. The molecule has 0 spiro atoms. The van der Waals surface area contributed by atoms with Gasteiger partial charge in [-0.1, -0.05) is 19.1 Å². The summed E-state index contributed by atoms with van der Waals surface area (Å²) < 4.78 is 0. The van der Waals surface area contributed by atoms with E-state index in [0.29, 0.717) is 24.9 Å². The summed E-state index contributed by atoms with van der Waals surface area (Å²) in [4.78, 5) is 35.5. The molecule has 1 unspecified atom stereocenters. The summed E-state index contributed by atoms with van der Waals surface area (Å²) >= 11 is 0. The van der Waals surface area contributed by atoms with Crippen LogP contribution in [0.3, 0.4) is 0 Å². The number of piperidine rings is 1. The molecule has 1 aliphatic rings. The lowest BCUT2D eigenvalue weighted by Crippen LogP contribution is -2.40. The molecule has 0 aromatic heterocycles. The molecule has 5 heteroatoms. The van der Waals surface area contributed by atoms with Gasteiger partial charge < -0.3 is 5.11 Å². The zero-order valence-electron chi connectivity index (χ0n) is 11.3. The third-order valence-electron chi connectivity index (χ3n) is 3.48. The van der Waals surface area contributed by atoms with Crippen molar-refractivity contribution in [3.63, 3.8) is 0 Å². The Labute approximate surface area is 117 Å². The van der Waals surface area contributed by atoms with Crippen LogP contribution in [0.25, 0.3) is 0 Å². The van der Waals surface area contributed by atoms with E-state index >= 15 is 0 Å². The fraction of sp³-hybridized carbons (Fsp3) is 0.400. The Morgan fingerprint density at radius 3 is 2.25 bits per heavy atom. The van der Waals surface area contributed by atoms with Gasteiger partial charge >= 0.3 is 5.97 Å². The van der Waals surface area contributed by atoms with Crippen LogP contribution < -0.4 is 4.90 Å². The van der Waals surface area contributed by atoms with Crippen molar-refractivity contribution in [1.82, 2.24) is 0 Å². The van der Waals surface area contributed by atoms with Gasteiger partial charge in [0.05, 0.1) is 12.1 Å². The second-order valence-corrected chi connectivity index (χ2v) is 5.07. The lowest BCUT2D eigenvalue weighted by atomic mass is 9.97. The maximum absolute atomic E-state index is 11.8. The number of carbonyl (C=O) groups excluding carboxylic acids is 2. The van der Waals surface area contributed by atoms with Crippen LogP contribution in [0.4, 0.5) is 5.69 Å². The van der Waals surface area contributed by atoms with Crippen LogP contribution in [0.5, 0.6) is 0 Å². The number of carbonyl (C=O) groups is 3. The molecule has 0 saturated carbocycles. The number of hydrogen-bond acceptors (Lipinski definition) is 3. The summed E-state index contributed by atoms with van der Waals surface area (Å²) in [6, 6.07) is 6.96. The highest BCUT2D eigenvalue weighted by molar-refractivity contribution is 6.16. The molecule has 1 heterocycles. The molecule has 1 aliphatic heterocycles. The fourth-order valence-corrected chi connectivity index (χ4v) is 2.37. The lowest BCUT2D eigenvalue weighted by molar-refractivity contribution is -0.137. The number of imide groups is 1. The van der Waals surface area contributed by atoms with Gasteiger partial charge in [0.2, 0.25) is 11.8 Å².